The van der Waals surface area contributed by atoms with E-state index >= 15 is 0 Å². The van der Waals surface area contributed by atoms with Crippen molar-refractivity contribution in [3.8, 4) is 5.75 Å². The quantitative estimate of drug-likeness (QED) is 0.743. The Morgan fingerprint density at radius 2 is 2.12 bits per heavy atom. The number of carbonyl (C=O) groups is 1. The third kappa shape index (κ3) is 2.98. The highest BCUT2D eigenvalue weighted by Gasteiger charge is 2.16. The number of hydrogen-bond donors (Lipinski definition) is 2. The van der Waals surface area contributed by atoms with Gasteiger partial charge in [0, 0.05) is 17.3 Å². The maximum absolute atomic E-state index is 14.2. The van der Waals surface area contributed by atoms with Gasteiger partial charge in [-0.15, -0.1) is 0 Å². The van der Waals surface area contributed by atoms with Crippen molar-refractivity contribution < 1.29 is 27.8 Å². The lowest BCUT2D eigenvalue weighted by atomic mass is 10.1. The summed E-state index contributed by atoms with van der Waals surface area (Å²) in [6.07, 6.45) is -0.463. The van der Waals surface area contributed by atoms with Gasteiger partial charge in [0.05, 0.1) is 13.5 Å². The molecule has 0 radical (unpaired) electrons. The Kier molecular flexibility index (Phi) is 4.03. The van der Waals surface area contributed by atoms with E-state index < -0.39 is 24.0 Å². The Morgan fingerprint density at radius 1 is 1.33 bits per heavy atom. The van der Waals surface area contributed by atoms with Crippen molar-refractivity contribution in [1.82, 2.24) is 4.98 Å². The van der Waals surface area contributed by atoms with Crippen LogP contribution in [-0.4, -0.2) is 23.2 Å². The van der Waals surface area contributed by atoms with Crippen molar-refractivity contribution in [2.75, 3.05) is 12.4 Å². The fraction of sp³-hybridized carbons (Fsp3) is 0.125. The molecule has 8 heteroatoms. The van der Waals surface area contributed by atoms with Crippen LogP contribution in [0.5, 0.6) is 5.75 Å². The second kappa shape index (κ2) is 6.15. The SMILES string of the molecule is COc1ccc(Nc2nc3ccc(CC(=O)O)c(F)c3o2)cc1F. The first-order valence-corrected chi connectivity index (χ1v) is 6.88. The highest BCUT2D eigenvalue weighted by molar-refractivity contribution is 5.79. The molecule has 3 aromatic rings. The fourth-order valence-electron chi connectivity index (χ4n) is 2.22. The number of carboxylic acids is 1. The van der Waals surface area contributed by atoms with E-state index in [-0.39, 0.29) is 28.4 Å². The van der Waals surface area contributed by atoms with Gasteiger partial charge >= 0.3 is 5.97 Å². The summed E-state index contributed by atoms with van der Waals surface area (Å²) in [4.78, 5) is 14.8. The number of hydrogen-bond acceptors (Lipinski definition) is 5. The highest BCUT2D eigenvalue weighted by atomic mass is 19.1. The molecule has 0 aliphatic rings. The second-order valence-electron chi connectivity index (χ2n) is 4.95. The number of nitrogens with one attached hydrogen (secondary N) is 1. The molecular weight excluding hydrogens is 322 g/mol. The largest absolute Gasteiger partial charge is 0.494 e. The summed E-state index contributed by atoms with van der Waals surface area (Å²) >= 11 is 0. The number of carboxylic acid groups (broad SMARTS) is 1. The van der Waals surface area contributed by atoms with Crippen LogP contribution in [0.25, 0.3) is 11.1 Å². The average molecular weight is 334 g/mol. The van der Waals surface area contributed by atoms with Crippen LogP contribution in [0, 0.1) is 11.6 Å². The van der Waals surface area contributed by atoms with E-state index in [0.29, 0.717) is 5.69 Å². The van der Waals surface area contributed by atoms with Crippen LogP contribution < -0.4 is 10.1 Å². The number of anilines is 2. The number of aromatic nitrogens is 1. The summed E-state index contributed by atoms with van der Waals surface area (Å²) in [5.41, 5.74) is 0.391. The van der Waals surface area contributed by atoms with Crippen LogP contribution in [0.4, 0.5) is 20.5 Å². The molecule has 2 N–H and O–H groups in total. The Bertz CT molecular complexity index is 924. The Labute approximate surface area is 134 Å². The lowest BCUT2D eigenvalue weighted by molar-refractivity contribution is -0.136. The summed E-state index contributed by atoms with van der Waals surface area (Å²) in [5.74, 6) is -2.42. The van der Waals surface area contributed by atoms with Crippen LogP contribution in [0.3, 0.4) is 0 Å². The first kappa shape index (κ1) is 15.7. The molecule has 0 unspecified atom stereocenters. The molecule has 0 spiro atoms. The normalized spacial score (nSPS) is 10.8. The van der Waals surface area contributed by atoms with Crippen LogP contribution >= 0.6 is 0 Å². The number of methoxy groups -OCH3 is 1. The van der Waals surface area contributed by atoms with Gasteiger partial charge in [0.25, 0.3) is 6.01 Å². The second-order valence-corrected chi connectivity index (χ2v) is 4.95. The molecule has 0 aliphatic carbocycles. The lowest BCUT2D eigenvalue weighted by Gasteiger charge is -2.05. The van der Waals surface area contributed by atoms with E-state index in [1.807, 2.05) is 0 Å². The lowest BCUT2D eigenvalue weighted by Crippen LogP contribution is -2.02. The van der Waals surface area contributed by atoms with Crippen LogP contribution in [0.1, 0.15) is 5.56 Å². The molecule has 3 rings (SSSR count). The maximum Gasteiger partial charge on any atom is 0.307 e. The van der Waals surface area contributed by atoms with Crippen molar-refractivity contribution in [1.29, 1.82) is 0 Å². The van der Waals surface area contributed by atoms with E-state index in [0.717, 1.165) is 0 Å². The molecular formula is C16H12F2N2O4. The van der Waals surface area contributed by atoms with Gasteiger partial charge < -0.3 is 19.6 Å². The number of benzene rings is 2. The summed E-state index contributed by atoms with van der Waals surface area (Å²) in [7, 11) is 1.35. The minimum atomic E-state index is -1.15. The third-order valence-corrected chi connectivity index (χ3v) is 3.32. The Balaban J connectivity index is 1.92. The number of aliphatic carboxylic acids is 1. The molecule has 0 aliphatic heterocycles. The Morgan fingerprint density at radius 3 is 2.79 bits per heavy atom. The topological polar surface area (TPSA) is 84.6 Å². The molecule has 1 heterocycles. The monoisotopic (exact) mass is 334 g/mol. The third-order valence-electron chi connectivity index (χ3n) is 3.32. The van der Waals surface area contributed by atoms with Crippen molar-refractivity contribution in [2.45, 2.75) is 6.42 Å². The van der Waals surface area contributed by atoms with Gasteiger partial charge in [-0.05, 0) is 18.2 Å². The average Bonchev–Trinajstić information content (AvgIpc) is 2.93. The van der Waals surface area contributed by atoms with Crippen molar-refractivity contribution in [3.05, 3.63) is 47.5 Å². The fourth-order valence-corrected chi connectivity index (χ4v) is 2.22. The smallest absolute Gasteiger partial charge is 0.307 e. The van der Waals surface area contributed by atoms with Gasteiger partial charge in [0.15, 0.2) is 23.0 Å². The van der Waals surface area contributed by atoms with Gasteiger partial charge in [-0.1, -0.05) is 6.07 Å². The first-order valence-electron chi connectivity index (χ1n) is 6.88. The van der Waals surface area contributed by atoms with Gasteiger partial charge in [-0.25, -0.2) is 8.78 Å². The zero-order valence-electron chi connectivity index (χ0n) is 12.5. The van der Waals surface area contributed by atoms with E-state index in [9.17, 15) is 13.6 Å². The van der Waals surface area contributed by atoms with Crippen LogP contribution in [0.2, 0.25) is 0 Å². The predicted molar refractivity (Wildman–Crippen MR) is 81.5 cm³/mol. The number of fused-ring (bicyclic) bond motifs is 1. The molecule has 124 valence electrons. The molecule has 1 aromatic heterocycles. The molecule has 0 saturated heterocycles. The number of rotatable bonds is 5. The molecule has 0 fully saturated rings. The first-order chi connectivity index (χ1) is 11.5. The molecule has 6 nitrogen and oxygen atoms in total. The van der Waals surface area contributed by atoms with Gasteiger partial charge in [-0.2, -0.15) is 4.98 Å². The molecule has 0 amide bonds. The molecule has 0 saturated carbocycles. The summed E-state index contributed by atoms with van der Waals surface area (Å²) < 4.78 is 38.0. The van der Waals surface area contributed by atoms with Gasteiger partial charge in [0.1, 0.15) is 5.52 Å². The van der Waals surface area contributed by atoms with Crippen molar-refractivity contribution >= 4 is 28.8 Å². The Hall–Kier alpha value is -3.16. The number of halogens is 2. The molecule has 0 atom stereocenters. The van der Waals surface area contributed by atoms with Gasteiger partial charge in [-0.3, -0.25) is 4.79 Å². The summed E-state index contributed by atoms with van der Waals surface area (Å²) in [6, 6.07) is 6.90. The predicted octanol–water partition coefficient (Wildman–Crippen LogP) is 3.49. The van der Waals surface area contributed by atoms with E-state index in [4.69, 9.17) is 14.3 Å². The van der Waals surface area contributed by atoms with Crippen molar-refractivity contribution in [2.24, 2.45) is 0 Å². The minimum absolute atomic E-state index is 0.00630. The molecule has 0 bridgehead atoms. The van der Waals surface area contributed by atoms with E-state index in [1.165, 1.54) is 31.4 Å². The molecule has 2 aromatic carbocycles. The van der Waals surface area contributed by atoms with E-state index in [1.54, 1.807) is 6.07 Å². The zero-order valence-corrected chi connectivity index (χ0v) is 12.5. The maximum atomic E-state index is 14.2. The van der Waals surface area contributed by atoms with Crippen molar-refractivity contribution in [3.63, 3.8) is 0 Å². The number of nitrogens with zero attached hydrogens (tertiary/aromatic N) is 1. The standard InChI is InChI=1S/C16H12F2N2O4/c1-23-12-5-3-9(7-10(12)17)19-16-20-11-4-2-8(6-13(21)22)14(18)15(11)24-16/h2-5,7H,6H2,1H3,(H,19,20)(H,21,22). The van der Waals surface area contributed by atoms with Crippen LogP contribution in [-0.2, 0) is 11.2 Å². The van der Waals surface area contributed by atoms with Crippen LogP contribution in [0.15, 0.2) is 34.7 Å². The summed E-state index contributed by atoms with van der Waals surface area (Å²) in [5, 5.41) is 11.5. The minimum Gasteiger partial charge on any atom is -0.494 e. The molecule has 24 heavy (non-hydrogen) atoms. The number of oxazole rings is 1. The highest BCUT2D eigenvalue weighted by Crippen LogP contribution is 2.28. The zero-order chi connectivity index (χ0) is 17.3. The van der Waals surface area contributed by atoms with E-state index in [2.05, 4.69) is 10.3 Å². The number of ether oxygens (including phenoxy) is 1. The van der Waals surface area contributed by atoms with Gasteiger partial charge in [0.2, 0.25) is 0 Å². The summed E-state index contributed by atoms with van der Waals surface area (Å²) in [6.45, 7) is 0.